The van der Waals surface area contributed by atoms with Gasteiger partial charge in [-0.25, -0.2) is 0 Å². The molecule has 3 rings (SSSR count). The number of benzene rings is 2. The molecule has 0 saturated heterocycles. The second-order valence-corrected chi connectivity index (χ2v) is 5.62. The summed E-state index contributed by atoms with van der Waals surface area (Å²) in [6.07, 6.45) is 0. The van der Waals surface area contributed by atoms with Crippen molar-refractivity contribution < 1.29 is 9.32 Å². The molecule has 2 aromatic carbocycles. The lowest BCUT2D eigenvalue weighted by Gasteiger charge is -2.08. The lowest BCUT2D eigenvalue weighted by Crippen LogP contribution is -2.14. The SMILES string of the molecule is Cc1ccccc1NC(=O)c1c(-c2ccccc2Cl)noc1C. The smallest absolute Gasteiger partial charge is 0.261 e. The zero-order valence-corrected chi connectivity index (χ0v) is 13.5. The van der Waals surface area contributed by atoms with Crippen LogP contribution in [0.5, 0.6) is 0 Å². The van der Waals surface area contributed by atoms with Gasteiger partial charge in [0, 0.05) is 11.3 Å². The molecule has 3 aromatic rings. The van der Waals surface area contributed by atoms with Crippen molar-refractivity contribution in [3.63, 3.8) is 0 Å². The number of nitrogens with one attached hydrogen (secondary N) is 1. The highest BCUT2D eigenvalue weighted by molar-refractivity contribution is 6.33. The first-order valence-corrected chi connectivity index (χ1v) is 7.54. The van der Waals surface area contributed by atoms with Crippen molar-refractivity contribution in [2.24, 2.45) is 0 Å². The predicted molar refractivity (Wildman–Crippen MR) is 90.8 cm³/mol. The summed E-state index contributed by atoms with van der Waals surface area (Å²) in [5, 5.41) is 7.43. The Balaban J connectivity index is 2.01. The Morgan fingerprint density at radius 3 is 2.52 bits per heavy atom. The molecule has 0 radical (unpaired) electrons. The van der Waals surface area contributed by atoms with Gasteiger partial charge in [0.05, 0.1) is 5.02 Å². The van der Waals surface area contributed by atoms with E-state index in [4.69, 9.17) is 16.1 Å². The lowest BCUT2D eigenvalue weighted by atomic mass is 10.1. The number of carbonyl (C=O) groups excluding carboxylic acids is 1. The summed E-state index contributed by atoms with van der Waals surface area (Å²) in [5.74, 6) is 0.180. The van der Waals surface area contributed by atoms with Crippen LogP contribution in [0.1, 0.15) is 21.7 Å². The van der Waals surface area contributed by atoms with Gasteiger partial charge in [-0.05, 0) is 31.5 Å². The number of halogens is 1. The van der Waals surface area contributed by atoms with E-state index < -0.39 is 0 Å². The molecule has 0 atom stereocenters. The van der Waals surface area contributed by atoms with Crippen LogP contribution >= 0.6 is 11.6 Å². The Bertz CT molecular complexity index is 871. The quantitative estimate of drug-likeness (QED) is 0.747. The fraction of sp³-hybridized carbons (Fsp3) is 0.111. The van der Waals surface area contributed by atoms with E-state index >= 15 is 0 Å². The van der Waals surface area contributed by atoms with Crippen molar-refractivity contribution in [1.82, 2.24) is 5.16 Å². The van der Waals surface area contributed by atoms with E-state index in [9.17, 15) is 4.79 Å². The van der Waals surface area contributed by atoms with Crippen LogP contribution in [0.2, 0.25) is 5.02 Å². The maximum atomic E-state index is 12.7. The third-order valence-electron chi connectivity index (χ3n) is 3.61. The number of anilines is 1. The second kappa shape index (κ2) is 6.26. The molecule has 0 saturated carbocycles. The van der Waals surface area contributed by atoms with Gasteiger partial charge in [0.2, 0.25) is 0 Å². The minimum atomic E-state index is -0.270. The van der Waals surface area contributed by atoms with Gasteiger partial charge in [0.1, 0.15) is 17.0 Å². The number of rotatable bonds is 3. The van der Waals surface area contributed by atoms with Gasteiger partial charge in [-0.15, -0.1) is 0 Å². The van der Waals surface area contributed by atoms with Gasteiger partial charge in [-0.3, -0.25) is 4.79 Å². The van der Waals surface area contributed by atoms with Crippen LogP contribution in [0.3, 0.4) is 0 Å². The molecule has 0 fully saturated rings. The van der Waals surface area contributed by atoms with Gasteiger partial charge in [-0.1, -0.05) is 53.2 Å². The van der Waals surface area contributed by atoms with Crippen LogP contribution in [-0.4, -0.2) is 11.1 Å². The summed E-state index contributed by atoms with van der Waals surface area (Å²) in [6.45, 7) is 3.64. The van der Waals surface area contributed by atoms with Crippen molar-refractivity contribution in [3.8, 4) is 11.3 Å². The Kier molecular flexibility index (Phi) is 4.17. The van der Waals surface area contributed by atoms with E-state index in [1.165, 1.54) is 0 Å². The number of nitrogens with zero attached hydrogens (tertiary/aromatic N) is 1. The van der Waals surface area contributed by atoms with Crippen molar-refractivity contribution in [2.75, 3.05) is 5.32 Å². The molecule has 23 heavy (non-hydrogen) atoms. The minimum absolute atomic E-state index is 0.270. The Labute approximate surface area is 139 Å². The van der Waals surface area contributed by atoms with Gasteiger partial charge < -0.3 is 9.84 Å². The Morgan fingerprint density at radius 2 is 1.78 bits per heavy atom. The van der Waals surface area contributed by atoms with Crippen LogP contribution in [0, 0.1) is 13.8 Å². The third kappa shape index (κ3) is 2.98. The number of para-hydroxylation sites is 1. The summed E-state index contributed by atoms with van der Waals surface area (Å²) in [6, 6.07) is 14.8. The zero-order valence-electron chi connectivity index (χ0n) is 12.8. The summed E-state index contributed by atoms with van der Waals surface area (Å²) in [4.78, 5) is 12.7. The first-order valence-electron chi connectivity index (χ1n) is 7.16. The summed E-state index contributed by atoms with van der Waals surface area (Å²) < 4.78 is 5.22. The van der Waals surface area contributed by atoms with E-state index in [0.29, 0.717) is 27.6 Å². The first kappa shape index (κ1) is 15.3. The van der Waals surface area contributed by atoms with E-state index in [1.807, 2.05) is 49.4 Å². The van der Waals surface area contributed by atoms with E-state index in [0.717, 1.165) is 11.3 Å². The molecular weight excluding hydrogens is 312 g/mol. The molecule has 5 heteroatoms. The van der Waals surface area contributed by atoms with Crippen LogP contribution in [0.15, 0.2) is 53.1 Å². The highest BCUT2D eigenvalue weighted by atomic mass is 35.5. The normalized spacial score (nSPS) is 10.6. The average molecular weight is 327 g/mol. The number of hydrogen-bond acceptors (Lipinski definition) is 3. The number of aryl methyl sites for hydroxylation is 2. The summed E-state index contributed by atoms with van der Waals surface area (Å²) in [5.41, 5.74) is 3.24. The summed E-state index contributed by atoms with van der Waals surface area (Å²) >= 11 is 6.22. The largest absolute Gasteiger partial charge is 0.360 e. The van der Waals surface area contributed by atoms with Crippen molar-refractivity contribution in [1.29, 1.82) is 0 Å². The van der Waals surface area contributed by atoms with E-state index in [-0.39, 0.29) is 5.91 Å². The number of carbonyl (C=O) groups is 1. The molecule has 0 aliphatic carbocycles. The third-order valence-corrected chi connectivity index (χ3v) is 3.94. The number of amides is 1. The number of hydrogen-bond donors (Lipinski definition) is 1. The van der Waals surface area contributed by atoms with Crippen molar-refractivity contribution in [2.45, 2.75) is 13.8 Å². The molecule has 0 aliphatic heterocycles. The molecule has 4 nitrogen and oxygen atoms in total. The zero-order chi connectivity index (χ0) is 16.4. The minimum Gasteiger partial charge on any atom is -0.360 e. The van der Waals surface area contributed by atoms with Gasteiger partial charge in [0.25, 0.3) is 5.91 Å². The molecule has 1 amide bonds. The van der Waals surface area contributed by atoms with E-state index in [1.54, 1.807) is 13.0 Å². The molecule has 0 unspecified atom stereocenters. The van der Waals surface area contributed by atoms with Crippen LogP contribution in [-0.2, 0) is 0 Å². The first-order chi connectivity index (χ1) is 11.1. The van der Waals surface area contributed by atoms with Gasteiger partial charge >= 0.3 is 0 Å². The maximum absolute atomic E-state index is 12.7. The Hall–Kier alpha value is -2.59. The molecule has 0 bridgehead atoms. The molecule has 1 aromatic heterocycles. The van der Waals surface area contributed by atoms with Crippen molar-refractivity contribution in [3.05, 3.63) is 70.4 Å². The molecule has 0 spiro atoms. The van der Waals surface area contributed by atoms with Gasteiger partial charge in [-0.2, -0.15) is 0 Å². The highest BCUT2D eigenvalue weighted by Crippen LogP contribution is 2.31. The fourth-order valence-electron chi connectivity index (χ4n) is 2.37. The number of aromatic nitrogens is 1. The monoisotopic (exact) mass is 326 g/mol. The average Bonchev–Trinajstić information content (AvgIpc) is 2.91. The topological polar surface area (TPSA) is 55.1 Å². The molecule has 116 valence electrons. The molecule has 1 N–H and O–H groups in total. The highest BCUT2D eigenvalue weighted by Gasteiger charge is 2.23. The maximum Gasteiger partial charge on any atom is 0.261 e. The van der Waals surface area contributed by atoms with E-state index in [2.05, 4.69) is 10.5 Å². The van der Waals surface area contributed by atoms with Gasteiger partial charge in [0.15, 0.2) is 0 Å². The molecular formula is C18H15ClN2O2. The van der Waals surface area contributed by atoms with Crippen LogP contribution in [0.25, 0.3) is 11.3 Å². The Morgan fingerprint density at radius 1 is 1.09 bits per heavy atom. The summed E-state index contributed by atoms with van der Waals surface area (Å²) in [7, 11) is 0. The lowest BCUT2D eigenvalue weighted by molar-refractivity contribution is 0.102. The fourth-order valence-corrected chi connectivity index (χ4v) is 2.60. The molecule has 0 aliphatic rings. The van der Waals surface area contributed by atoms with Crippen LogP contribution < -0.4 is 5.32 Å². The predicted octanol–water partition coefficient (Wildman–Crippen LogP) is 4.86. The van der Waals surface area contributed by atoms with Crippen LogP contribution in [0.4, 0.5) is 5.69 Å². The molecule has 1 heterocycles. The van der Waals surface area contributed by atoms with Crippen molar-refractivity contribution >= 4 is 23.2 Å². The second-order valence-electron chi connectivity index (χ2n) is 5.21. The standard InChI is InChI=1S/C18H15ClN2O2/c1-11-7-3-6-10-15(11)20-18(22)16-12(2)23-21-17(16)13-8-4-5-9-14(13)19/h3-10H,1-2H3,(H,20,22).